The molecule has 122 valence electrons. The maximum atomic E-state index is 11.0. The fraction of sp³-hybridized carbons (Fsp3) is 0.471. The van der Waals surface area contributed by atoms with E-state index in [2.05, 4.69) is 36.9 Å². The molecule has 2 aromatic rings. The number of aryl methyl sites for hydroxylation is 1. The molecule has 1 unspecified atom stereocenters. The van der Waals surface area contributed by atoms with Crippen molar-refractivity contribution in [3.8, 4) is 0 Å². The Morgan fingerprint density at radius 1 is 1.39 bits per heavy atom. The van der Waals surface area contributed by atoms with Crippen molar-refractivity contribution in [1.82, 2.24) is 24.8 Å². The number of rotatable bonds is 5. The zero-order valence-electron chi connectivity index (χ0n) is 13.7. The lowest BCUT2D eigenvalue weighted by Crippen LogP contribution is -2.24. The molecule has 0 bridgehead atoms. The summed E-state index contributed by atoms with van der Waals surface area (Å²) in [5.41, 5.74) is 3.36. The second kappa shape index (κ2) is 6.91. The molecule has 1 aliphatic rings. The molecule has 1 N–H and O–H groups in total. The largest absolute Gasteiger partial charge is 0.352 e. The van der Waals surface area contributed by atoms with Crippen molar-refractivity contribution in [2.75, 3.05) is 6.54 Å². The predicted molar refractivity (Wildman–Crippen MR) is 87.4 cm³/mol. The number of likely N-dealkylation sites (tertiary alicyclic amines) is 1. The van der Waals surface area contributed by atoms with Crippen LogP contribution in [-0.2, 0) is 24.9 Å². The molecular formula is C17H23N5O. The van der Waals surface area contributed by atoms with E-state index in [9.17, 15) is 4.79 Å². The van der Waals surface area contributed by atoms with Gasteiger partial charge in [0.1, 0.15) is 0 Å². The average molecular weight is 313 g/mol. The van der Waals surface area contributed by atoms with Crippen molar-refractivity contribution >= 4 is 5.91 Å². The summed E-state index contributed by atoms with van der Waals surface area (Å²) in [5.74, 6) is -0.0211. The molecule has 0 saturated carbocycles. The van der Waals surface area contributed by atoms with Crippen LogP contribution in [0.4, 0.5) is 0 Å². The highest BCUT2D eigenvalue weighted by atomic mass is 16.1. The molecule has 1 fully saturated rings. The maximum absolute atomic E-state index is 11.0. The number of hydrogen-bond donors (Lipinski definition) is 1. The summed E-state index contributed by atoms with van der Waals surface area (Å²) >= 11 is 0. The third-order valence-corrected chi connectivity index (χ3v) is 4.38. The molecule has 6 nitrogen and oxygen atoms in total. The Bertz CT molecular complexity index is 664. The van der Waals surface area contributed by atoms with E-state index >= 15 is 0 Å². The zero-order chi connectivity index (χ0) is 16.2. The molecule has 3 rings (SSSR count). The Hall–Kier alpha value is -2.21. The second-order valence-electron chi connectivity index (χ2n) is 6.13. The van der Waals surface area contributed by atoms with E-state index in [0.717, 1.165) is 30.8 Å². The van der Waals surface area contributed by atoms with E-state index in [1.807, 2.05) is 25.8 Å². The summed E-state index contributed by atoms with van der Waals surface area (Å²) in [7, 11) is 2.03. The summed E-state index contributed by atoms with van der Waals surface area (Å²) in [4.78, 5) is 22.3. The first-order valence-corrected chi connectivity index (χ1v) is 8.02. The molecular weight excluding hydrogens is 290 g/mol. The highest BCUT2D eigenvalue weighted by Gasteiger charge is 2.27. The lowest BCUT2D eigenvalue weighted by molar-refractivity contribution is -0.119. The molecule has 0 aromatic carbocycles. The van der Waals surface area contributed by atoms with Crippen LogP contribution < -0.4 is 5.32 Å². The first-order valence-electron chi connectivity index (χ1n) is 8.02. The molecule has 1 atom stereocenters. The highest BCUT2D eigenvalue weighted by molar-refractivity contribution is 5.72. The van der Waals surface area contributed by atoms with Gasteiger partial charge in [0, 0.05) is 39.5 Å². The van der Waals surface area contributed by atoms with Gasteiger partial charge in [0.2, 0.25) is 5.91 Å². The summed E-state index contributed by atoms with van der Waals surface area (Å²) in [6, 6.07) is 4.50. The molecule has 0 spiro atoms. The quantitative estimate of drug-likeness (QED) is 0.914. The van der Waals surface area contributed by atoms with Crippen LogP contribution in [0.15, 0.2) is 30.9 Å². The van der Waals surface area contributed by atoms with Crippen LogP contribution in [-0.4, -0.2) is 31.9 Å². The lowest BCUT2D eigenvalue weighted by atomic mass is 10.1. The monoisotopic (exact) mass is 313 g/mol. The zero-order valence-corrected chi connectivity index (χ0v) is 13.7. The Labute approximate surface area is 136 Å². The second-order valence-corrected chi connectivity index (χ2v) is 6.13. The van der Waals surface area contributed by atoms with E-state index < -0.39 is 0 Å². The summed E-state index contributed by atoms with van der Waals surface area (Å²) in [5, 5.41) is 2.80. The SMILES string of the molecule is CC(=O)NCc1ccc(C2CCCN2Cc2cncn2C)nc1. The van der Waals surface area contributed by atoms with Crippen molar-refractivity contribution in [1.29, 1.82) is 0 Å². The minimum absolute atomic E-state index is 0.0211. The van der Waals surface area contributed by atoms with Gasteiger partial charge < -0.3 is 9.88 Å². The van der Waals surface area contributed by atoms with E-state index in [0.29, 0.717) is 12.6 Å². The van der Waals surface area contributed by atoms with Crippen molar-refractivity contribution in [3.63, 3.8) is 0 Å². The Morgan fingerprint density at radius 2 is 2.26 bits per heavy atom. The number of hydrogen-bond acceptors (Lipinski definition) is 4. The number of imidazole rings is 1. The Morgan fingerprint density at radius 3 is 2.91 bits per heavy atom. The number of aromatic nitrogens is 3. The number of carbonyl (C=O) groups is 1. The van der Waals surface area contributed by atoms with Gasteiger partial charge in [0.05, 0.1) is 23.8 Å². The normalized spacial score (nSPS) is 18.3. The third kappa shape index (κ3) is 3.76. The number of nitrogens with zero attached hydrogens (tertiary/aromatic N) is 4. The van der Waals surface area contributed by atoms with Gasteiger partial charge in [-0.15, -0.1) is 0 Å². The highest BCUT2D eigenvalue weighted by Crippen LogP contribution is 2.31. The molecule has 2 aromatic heterocycles. The minimum Gasteiger partial charge on any atom is -0.352 e. The van der Waals surface area contributed by atoms with Crippen LogP contribution >= 0.6 is 0 Å². The molecule has 1 saturated heterocycles. The van der Waals surface area contributed by atoms with E-state index in [1.165, 1.54) is 19.0 Å². The van der Waals surface area contributed by atoms with Crippen molar-refractivity contribution < 1.29 is 4.79 Å². The number of amides is 1. The molecule has 0 radical (unpaired) electrons. The fourth-order valence-electron chi connectivity index (χ4n) is 3.06. The van der Waals surface area contributed by atoms with Crippen LogP contribution in [0.5, 0.6) is 0 Å². The van der Waals surface area contributed by atoms with Crippen LogP contribution in [0.25, 0.3) is 0 Å². The van der Waals surface area contributed by atoms with Gasteiger partial charge >= 0.3 is 0 Å². The van der Waals surface area contributed by atoms with Crippen LogP contribution in [0.3, 0.4) is 0 Å². The van der Waals surface area contributed by atoms with Gasteiger partial charge in [-0.25, -0.2) is 4.98 Å². The van der Waals surface area contributed by atoms with Crippen LogP contribution in [0.2, 0.25) is 0 Å². The third-order valence-electron chi connectivity index (χ3n) is 4.38. The molecule has 0 aliphatic carbocycles. The first-order chi connectivity index (χ1) is 11.1. The summed E-state index contributed by atoms with van der Waals surface area (Å²) in [6.45, 7) is 4.05. The topological polar surface area (TPSA) is 63.1 Å². The molecule has 3 heterocycles. The standard InChI is InChI=1S/C17H23N5O/c1-13(23)19-8-14-5-6-16(20-9-14)17-4-3-7-22(17)11-15-10-18-12-21(15)2/h5-6,9-10,12,17H,3-4,7-8,11H2,1-2H3,(H,19,23). The van der Waals surface area contributed by atoms with Crippen molar-refractivity contribution in [3.05, 3.63) is 47.8 Å². The van der Waals surface area contributed by atoms with Crippen LogP contribution in [0, 0.1) is 0 Å². The molecule has 23 heavy (non-hydrogen) atoms. The number of carbonyl (C=O) groups excluding carboxylic acids is 1. The number of pyridine rings is 1. The lowest BCUT2D eigenvalue weighted by Gasteiger charge is -2.24. The number of nitrogens with one attached hydrogen (secondary N) is 1. The van der Waals surface area contributed by atoms with Crippen molar-refractivity contribution in [2.24, 2.45) is 7.05 Å². The molecule has 1 amide bonds. The van der Waals surface area contributed by atoms with Gasteiger partial charge in [-0.2, -0.15) is 0 Å². The molecule has 6 heteroatoms. The summed E-state index contributed by atoms with van der Waals surface area (Å²) in [6.07, 6.45) is 7.97. The smallest absolute Gasteiger partial charge is 0.217 e. The van der Waals surface area contributed by atoms with E-state index in [1.54, 1.807) is 0 Å². The summed E-state index contributed by atoms with van der Waals surface area (Å²) < 4.78 is 2.07. The molecule has 1 aliphatic heterocycles. The maximum Gasteiger partial charge on any atom is 0.217 e. The first kappa shape index (κ1) is 15.7. The van der Waals surface area contributed by atoms with Gasteiger partial charge in [-0.1, -0.05) is 6.07 Å². The predicted octanol–water partition coefficient (Wildman–Crippen LogP) is 1.79. The van der Waals surface area contributed by atoms with Gasteiger partial charge in [-0.05, 0) is 31.0 Å². The average Bonchev–Trinajstić information content (AvgIpc) is 3.16. The van der Waals surface area contributed by atoms with Gasteiger partial charge in [-0.3, -0.25) is 14.7 Å². The Balaban J connectivity index is 1.67. The fourth-order valence-corrected chi connectivity index (χ4v) is 3.06. The minimum atomic E-state index is -0.0211. The van der Waals surface area contributed by atoms with Gasteiger partial charge in [0.15, 0.2) is 0 Å². The van der Waals surface area contributed by atoms with Crippen molar-refractivity contribution in [2.45, 2.75) is 38.9 Å². The van der Waals surface area contributed by atoms with Crippen LogP contribution in [0.1, 0.15) is 42.8 Å². The van der Waals surface area contributed by atoms with E-state index in [4.69, 9.17) is 0 Å². The Kier molecular flexibility index (Phi) is 4.71. The van der Waals surface area contributed by atoms with E-state index in [-0.39, 0.29) is 5.91 Å². The van der Waals surface area contributed by atoms with Gasteiger partial charge in [0.25, 0.3) is 0 Å².